The van der Waals surface area contributed by atoms with E-state index in [4.69, 9.17) is 17.3 Å². The molecule has 17 heavy (non-hydrogen) atoms. The molecule has 3 heteroatoms. The molecule has 2 atom stereocenters. The second-order valence-electron chi connectivity index (χ2n) is 5.15. The Hall–Kier alpha value is -0.570. The molecule has 1 aliphatic rings. The maximum Gasteiger partial charge on any atom is 0.0471 e. The van der Waals surface area contributed by atoms with Crippen molar-refractivity contribution in [3.8, 4) is 0 Å². The number of hydrogen-bond acceptors (Lipinski definition) is 2. The summed E-state index contributed by atoms with van der Waals surface area (Å²) in [6.07, 6.45) is 1.27. The highest BCUT2D eigenvalue weighted by atomic mass is 35.5. The molecule has 1 aromatic rings. The van der Waals surface area contributed by atoms with Gasteiger partial charge in [0.15, 0.2) is 0 Å². The van der Waals surface area contributed by atoms with E-state index < -0.39 is 0 Å². The minimum Gasteiger partial charge on any atom is -0.329 e. The smallest absolute Gasteiger partial charge is 0.0471 e. The minimum absolute atomic E-state index is 0.318. The van der Waals surface area contributed by atoms with Gasteiger partial charge in [0.25, 0.3) is 0 Å². The predicted octanol–water partition coefficient (Wildman–Crippen LogP) is 2.99. The lowest BCUT2D eigenvalue weighted by molar-refractivity contribution is 0.244. The van der Waals surface area contributed by atoms with E-state index in [-0.39, 0.29) is 0 Å². The lowest BCUT2D eigenvalue weighted by Gasteiger charge is -2.27. The summed E-state index contributed by atoms with van der Waals surface area (Å²) in [4.78, 5) is 2.48. The molecular formula is C14H21ClN2. The van der Waals surface area contributed by atoms with Crippen molar-refractivity contribution < 1.29 is 0 Å². The summed E-state index contributed by atoms with van der Waals surface area (Å²) in [5.41, 5.74) is 8.31. The van der Waals surface area contributed by atoms with Gasteiger partial charge in [-0.3, -0.25) is 4.90 Å². The van der Waals surface area contributed by atoms with Crippen molar-refractivity contribution in [3.63, 3.8) is 0 Å². The van der Waals surface area contributed by atoms with Crippen LogP contribution in [0.2, 0.25) is 5.02 Å². The van der Waals surface area contributed by atoms with Crippen molar-refractivity contribution in [2.75, 3.05) is 19.6 Å². The Balaban J connectivity index is 2.20. The van der Waals surface area contributed by atoms with Gasteiger partial charge in [-0.1, -0.05) is 30.7 Å². The first kappa shape index (κ1) is 12.9. The number of nitrogens with two attached hydrogens (primary N) is 1. The minimum atomic E-state index is 0.318. The van der Waals surface area contributed by atoms with Gasteiger partial charge in [0.1, 0.15) is 0 Å². The molecule has 2 rings (SSSR count). The van der Waals surface area contributed by atoms with E-state index in [1.54, 1.807) is 0 Å². The second-order valence-corrected chi connectivity index (χ2v) is 5.56. The number of benzene rings is 1. The molecule has 0 saturated carbocycles. The summed E-state index contributed by atoms with van der Waals surface area (Å²) in [5.74, 6) is 0.782. The molecule has 2 N–H and O–H groups in total. The van der Waals surface area contributed by atoms with E-state index in [0.29, 0.717) is 12.6 Å². The third-order valence-electron chi connectivity index (χ3n) is 3.70. The Morgan fingerprint density at radius 1 is 1.53 bits per heavy atom. The molecule has 0 aromatic heterocycles. The summed E-state index contributed by atoms with van der Waals surface area (Å²) in [6.45, 7) is 7.28. The molecule has 1 fully saturated rings. The zero-order chi connectivity index (χ0) is 12.4. The topological polar surface area (TPSA) is 29.3 Å². The van der Waals surface area contributed by atoms with Crippen molar-refractivity contribution in [1.29, 1.82) is 0 Å². The highest BCUT2D eigenvalue weighted by molar-refractivity contribution is 6.31. The highest BCUT2D eigenvalue weighted by Crippen LogP contribution is 2.29. The Bertz CT molecular complexity index is 392. The lowest BCUT2D eigenvalue weighted by atomic mass is 10.0. The van der Waals surface area contributed by atoms with Crippen molar-refractivity contribution >= 4 is 11.6 Å². The SMILES string of the molecule is Cc1ccc(C(CN)N2CCC(C)C2)cc1Cl. The zero-order valence-corrected chi connectivity index (χ0v) is 11.4. The lowest BCUT2D eigenvalue weighted by Crippen LogP contribution is -2.31. The molecule has 2 nitrogen and oxygen atoms in total. The van der Waals surface area contributed by atoms with Crippen LogP contribution in [0.3, 0.4) is 0 Å². The first-order chi connectivity index (χ1) is 8.11. The van der Waals surface area contributed by atoms with Gasteiger partial charge in [0.2, 0.25) is 0 Å². The van der Waals surface area contributed by atoms with E-state index in [0.717, 1.165) is 29.6 Å². The molecule has 0 amide bonds. The second kappa shape index (κ2) is 5.38. The van der Waals surface area contributed by atoms with E-state index >= 15 is 0 Å². The number of likely N-dealkylation sites (tertiary alicyclic amines) is 1. The van der Waals surface area contributed by atoms with Crippen LogP contribution in [0, 0.1) is 12.8 Å². The van der Waals surface area contributed by atoms with Crippen molar-refractivity contribution in [2.24, 2.45) is 11.7 Å². The Morgan fingerprint density at radius 2 is 2.29 bits per heavy atom. The van der Waals surface area contributed by atoms with Crippen LogP contribution in [-0.2, 0) is 0 Å². The van der Waals surface area contributed by atoms with Gasteiger partial charge in [0.05, 0.1) is 0 Å². The van der Waals surface area contributed by atoms with Crippen LogP contribution in [-0.4, -0.2) is 24.5 Å². The highest BCUT2D eigenvalue weighted by Gasteiger charge is 2.26. The van der Waals surface area contributed by atoms with Crippen molar-refractivity contribution in [3.05, 3.63) is 34.3 Å². The number of halogens is 1. The van der Waals surface area contributed by atoms with E-state index in [1.807, 2.05) is 6.92 Å². The fourth-order valence-corrected chi connectivity index (χ4v) is 2.75. The van der Waals surface area contributed by atoms with Crippen LogP contribution in [0.15, 0.2) is 18.2 Å². The molecule has 1 saturated heterocycles. The molecular weight excluding hydrogens is 232 g/mol. The molecule has 2 unspecified atom stereocenters. The first-order valence-corrected chi connectivity index (χ1v) is 6.69. The normalized spacial score (nSPS) is 22.9. The molecule has 1 heterocycles. The largest absolute Gasteiger partial charge is 0.329 e. The van der Waals surface area contributed by atoms with Crippen LogP contribution in [0.1, 0.15) is 30.5 Å². The Kier molecular flexibility index (Phi) is 4.08. The Labute approximate surface area is 109 Å². The van der Waals surface area contributed by atoms with Crippen LogP contribution in [0.5, 0.6) is 0 Å². The third kappa shape index (κ3) is 2.82. The van der Waals surface area contributed by atoms with Crippen LogP contribution in [0.4, 0.5) is 0 Å². The standard InChI is InChI=1S/C14H21ClN2/c1-10-5-6-17(9-10)14(8-16)12-4-3-11(2)13(15)7-12/h3-4,7,10,14H,5-6,8-9,16H2,1-2H3. The molecule has 94 valence electrons. The van der Waals surface area contributed by atoms with Gasteiger partial charge in [0, 0.05) is 24.2 Å². The molecule has 1 aliphatic heterocycles. The van der Waals surface area contributed by atoms with Crippen molar-refractivity contribution in [2.45, 2.75) is 26.3 Å². The van der Waals surface area contributed by atoms with Gasteiger partial charge in [-0.2, -0.15) is 0 Å². The molecule has 0 radical (unpaired) electrons. The zero-order valence-electron chi connectivity index (χ0n) is 10.6. The molecule has 0 spiro atoms. The average molecular weight is 253 g/mol. The summed E-state index contributed by atoms with van der Waals surface area (Å²) < 4.78 is 0. The Morgan fingerprint density at radius 3 is 2.82 bits per heavy atom. The quantitative estimate of drug-likeness (QED) is 0.896. The van der Waals surface area contributed by atoms with Crippen molar-refractivity contribution in [1.82, 2.24) is 4.90 Å². The maximum absolute atomic E-state index is 6.19. The fraction of sp³-hybridized carbons (Fsp3) is 0.571. The maximum atomic E-state index is 6.19. The third-order valence-corrected chi connectivity index (χ3v) is 4.11. The molecule has 0 bridgehead atoms. The van der Waals surface area contributed by atoms with Gasteiger partial charge in [-0.15, -0.1) is 0 Å². The number of hydrogen-bond donors (Lipinski definition) is 1. The van der Waals surface area contributed by atoms with E-state index in [1.165, 1.54) is 12.0 Å². The predicted molar refractivity (Wildman–Crippen MR) is 73.3 cm³/mol. The van der Waals surface area contributed by atoms with Gasteiger partial charge in [-0.25, -0.2) is 0 Å². The first-order valence-electron chi connectivity index (χ1n) is 6.32. The summed E-state index contributed by atoms with van der Waals surface area (Å²) in [6, 6.07) is 6.62. The van der Waals surface area contributed by atoms with Crippen LogP contribution >= 0.6 is 11.6 Å². The number of nitrogens with zero attached hydrogens (tertiary/aromatic N) is 1. The van der Waals surface area contributed by atoms with E-state index in [9.17, 15) is 0 Å². The fourth-order valence-electron chi connectivity index (χ4n) is 2.56. The van der Waals surface area contributed by atoms with Gasteiger partial charge < -0.3 is 5.73 Å². The van der Waals surface area contributed by atoms with E-state index in [2.05, 4.69) is 30.0 Å². The molecule has 0 aliphatic carbocycles. The number of aryl methyl sites for hydroxylation is 1. The van der Waals surface area contributed by atoms with Crippen LogP contribution in [0.25, 0.3) is 0 Å². The summed E-state index contributed by atoms with van der Waals surface area (Å²) in [7, 11) is 0. The van der Waals surface area contributed by atoms with Gasteiger partial charge in [-0.05, 0) is 43.0 Å². The molecule has 1 aromatic carbocycles. The average Bonchev–Trinajstić information content (AvgIpc) is 2.71. The van der Waals surface area contributed by atoms with Crippen LogP contribution < -0.4 is 5.73 Å². The van der Waals surface area contributed by atoms with Gasteiger partial charge >= 0.3 is 0 Å². The summed E-state index contributed by atoms with van der Waals surface area (Å²) >= 11 is 6.19. The number of rotatable bonds is 3. The monoisotopic (exact) mass is 252 g/mol. The summed E-state index contributed by atoms with van der Waals surface area (Å²) in [5, 5.41) is 0.841.